The minimum atomic E-state index is -0.816. The number of hydrogen-bond donors (Lipinski definition) is 0. The predicted molar refractivity (Wildman–Crippen MR) is 165 cm³/mol. The molecule has 2 fully saturated rings. The van der Waals surface area contributed by atoms with E-state index in [9.17, 15) is 4.79 Å². The van der Waals surface area contributed by atoms with Crippen molar-refractivity contribution in [2.24, 2.45) is 5.92 Å². The molecule has 2 aliphatic rings. The van der Waals surface area contributed by atoms with E-state index in [0.717, 1.165) is 27.7 Å². The topological polar surface area (TPSA) is 75.5 Å². The van der Waals surface area contributed by atoms with Gasteiger partial charge >= 0.3 is 5.97 Å². The molecule has 9 heteroatoms. The Hall–Kier alpha value is -3.75. The van der Waals surface area contributed by atoms with Gasteiger partial charge in [0.25, 0.3) is 0 Å². The van der Waals surface area contributed by atoms with Gasteiger partial charge in [-0.2, -0.15) is 0 Å². The molecule has 0 bridgehead atoms. The molecule has 0 radical (unpaired) electrons. The van der Waals surface area contributed by atoms with Crippen molar-refractivity contribution >= 4 is 40.2 Å². The lowest BCUT2D eigenvalue weighted by Crippen LogP contribution is -2.31. The van der Waals surface area contributed by atoms with E-state index in [4.69, 9.17) is 37.4 Å². The van der Waals surface area contributed by atoms with Crippen molar-refractivity contribution < 1.29 is 19.0 Å². The average molecular weight is 615 g/mol. The van der Waals surface area contributed by atoms with Gasteiger partial charge in [-0.05, 0) is 67.3 Å². The number of halogens is 2. The fourth-order valence-electron chi connectivity index (χ4n) is 6.44. The lowest BCUT2D eigenvalue weighted by atomic mass is 9.92. The smallest absolute Gasteiger partial charge is 0.338 e. The van der Waals surface area contributed by atoms with Gasteiger partial charge in [-0.25, -0.2) is 14.8 Å². The van der Waals surface area contributed by atoms with Crippen LogP contribution in [0.15, 0.2) is 97.5 Å². The SMILES string of the molecule is CC1(C)O[C@@H]2[C@@H]([C@H](OC(=O)c3ccc(-c4ccccc4)cc3)c3ccc(Cl)cc3)C[C@@H](n3ccc4c(Cl)ncnc43)[C@@H]2O1. The Balaban J connectivity index is 1.23. The number of fused-ring (bicyclic) bond motifs is 2. The standard InChI is InChI=1S/C34H29Cl2N3O4/c1-34(2)42-29-26(18-27(30(29)43-34)39-17-16-25-31(36)37-19-38-32(25)39)28(22-12-14-24(35)15-13-22)41-33(40)23-10-8-21(9-11-23)20-6-4-3-5-7-20/h3-17,19,26-30H,18H2,1-2H3/t26-,27-,28-,29-,30+/m1/s1. The van der Waals surface area contributed by atoms with Gasteiger partial charge in [0.05, 0.1) is 23.1 Å². The number of aromatic nitrogens is 3. The fourth-order valence-corrected chi connectivity index (χ4v) is 6.75. The first-order valence-corrected chi connectivity index (χ1v) is 15.0. The van der Waals surface area contributed by atoms with Crippen molar-refractivity contribution in [1.29, 1.82) is 0 Å². The number of esters is 1. The third-order valence-corrected chi connectivity index (χ3v) is 8.90. The molecular formula is C34H29Cl2N3O4. The lowest BCUT2D eigenvalue weighted by Gasteiger charge is -2.29. The van der Waals surface area contributed by atoms with Crippen molar-refractivity contribution in [3.63, 3.8) is 0 Å². The third-order valence-electron chi connectivity index (χ3n) is 8.35. The van der Waals surface area contributed by atoms with Crippen LogP contribution in [0.3, 0.4) is 0 Å². The molecule has 5 atom stereocenters. The van der Waals surface area contributed by atoms with E-state index >= 15 is 0 Å². The van der Waals surface area contributed by atoms with E-state index < -0.39 is 17.9 Å². The van der Waals surface area contributed by atoms with Crippen LogP contribution in [0.1, 0.15) is 48.3 Å². The molecule has 0 unspecified atom stereocenters. The second-order valence-corrected chi connectivity index (χ2v) is 12.3. The molecule has 3 heterocycles. The number of nitrogens with zero attached hydrogens (tertiary/aromatic N) is 3. The molecule has 3 aromatic carbocycles. The minimum absolute atomic E-state index is 0.140. The van der Waals surface area contributed by atoms with E-state index in [0.29, 0.717) is 22.2 Å². The summed E-state index contributed by atoms with van der Waals surface area (Å²) in [6.07, 6.45) is 2.77. The molecule has 0 spiro atoms. The zero-order valence-electron chi connectivity index (χ0n) is 23.6. The second kappa shape index (κ2) is 11.1. The molecular weight excluding hydrogens is 585 g/mol. The Morgan fingerprint density at radius 1 is 0.907 bits per heavy atom. The monoisotopic (exact) mass is 613 g/mol. The van der Waals surface area contributed by atoms with Crippen molar-refractivity contribution in [3.8, 4) is 11.1 Å². The van der Waals surface area contributed by atoms with Crippen LogP contribution in [-0.4, -0.2) is 38.5 Å². The van der Waals surface area contributed by atoms with Gasteiger partial charge in [0.1, 0.15) is 29.3 Å². The van der Waals surface area contributed by atoms with Crippen LogP contribution in [0.4, 0.5) is 0 Å². The Morgan fingerprint density at radius 3 is 2.35 bits per heavy atom. The molecule has 1 aliphatic heterocycles. The number of rotatable bonds is 6. The van der Waals surface area contributed by atoms with E-state index in [1.807, 2.05) is 92.8 Å². The first-order chi connectivity index (χ1) is 20.8. The van der Waals surface area contributed by atoms with E-state index in [1.165, 1.54) is 6.33 Å². The van der Waals surface area contributed by atoms with Crippen LogP contribution < -0.4 is 0 Å². The summed E-state index contributed by atoms with van der Waals surface area (Å²) in [6, 6.07) is 26.7. The normalized spacial score (nSPS) is 23.3. The zero-order chi connectivity index (χ0) is 29.7. The van der Waals surface area contributed by atoms with Crippen LogP contribution in [0.25, 0.3) is 22.2 Å². The molecule has 43 heavy (non-hydrogen) atoms. The Morgan fingerprint density at radius 2 is 1.60 bits per heavy atom. The summed E-state index contributed by atoms with van der Waals surface area (Å²) in [5, 5.41) is 1.76. The van der Waals surface area contributed by atoms with Crippen LogP contribution in [-0.2, 0) is 14.2 Å². The molecule has 1 aliphatic carbocycles. The van der Waals surface area contributed by atoms with Crippen LogP contribution >= 0.6 is 23.2 Å². The Kier molecular flexibility index (Phi) is 7.22. The molecule has 2 aromatic heterocycles. The van der Waals surface area contributed by atoms with Gasteiger partial charge in [0.15, 0.2) is 5.79 Å². The van der Waals surface area contributed by atoms with Gasteiger partial charge in [-0.3, -0.25) is 0 Å². The maximum absolute atomic E-state index is 13.7. The molecule has 1 saturated heterocycles. The maximum Gasteiger partial charge on any atom is 0.338 e. The van der Waals surface area contributed by atoms with Gasteiger partial charge < -0.3 is 18.8 Å². The van der Waals surface area contributed by atoms with Crippen molar-refractivity contribution in [1.82, 2.24) is 14.5 Å². The Labute approximate surface area is 259 Å². The molecule has 1 saturated carbocycles. The van der Waals surface area contributed by atoms with Gasteiger partial charge in [0, 0.05) is 17.1 Å². The summed E-state index contributed by atoms with van der Waals surface area (Å²) in [5.74, 6) is -1.45. The summed E-state index contributed by atoms with van der Waals surface area (Å²) < 4.78 is 21.4. The number of benzene rings is 3. The van der Waals surface area contributed by atoms with Crippen LogP contribution in [0, 0.1) is 5.92 Å². The summed E-state index contributed by atoms with van der Waals surface area (Å²) in [5.41, 5.74) is 4.12. The van der Waals surface area contributed by atoms with Crippen LogP contribution in [0.5, 0.6) is 0 Å². The minimum Gasteiger partial charge on any atom is -0.453 e. The number of carbonyl (C=O) groups excluding carboxylic acids is 1. The molecule has 5 aromatic rings. The van der Waals surface area contributed by atoms with Crippen molar-refractivity contribution in [3.05, 3.63) is 119 Å². The summed E-state index contributed by atoms with van der Waals surface area (Å²) in [6.45, 7) is 3.81. The largest absolute Gasteiger partial charge is 0.453 e. The number of ether oxygens (including phenoxy) is 3. The first kappa shape index (κ1) is 28.0. The highest BCUT2D eigenvalue weighted by atomic mass is 35.5. The summed E-state index contributed by atoms with van der Waals surface area (Å²) in [4.78, 5) is 22.3. The molecule has 0 amide bonds. The van der Waals surface area contributed by atoms with E-state index in [1.54, 1.807) is 12.1 Å². The van der Waals surface area contributed by atoms with E-state index in [-0.39, 0.29) is 24.2 Å². The highest BCUT2D eigenvalue weighted by Crippen LogP contribution is 2.52. The lowest BCUT2D eigenvalue weighted by molar-refractivity contribution is -0.165. The summed E-state index contributed by atoms with van der Waals surface area (Å²) >= 11 is 12.6. The highest BCUT2D eigenvalue weighted by molar-refractivity contribution is 6.33. The quantitative estimate of drug-likeness (QED) is 0.142. The second-order valence-electron chi connectivity index (χ2n) is 11.5. The molecule has 7 nitrogen and oxygen atoms in total. The van der Waals surface area contributed by atoms with E-state index in [2.05, 4.69) is 14.5 Å². The predicted octanol–water partition coefficient (Wildman–Crippen LogP) is 8.08. The van der Waals surface area contributed by atoms with Gasteiger partial charge in [0.2, 0.25) is 0 Å². The van der Waals surface area contributed by atoms with Crippen LogP contribution in [0.2, 0.25) is 10.2 Å². The molecule has 0 N–H and O–H groups in total. The molecule has 7 rings (SSSR count). The van der Waals surface area contributed by atoms with Crippen molar-refractivity contribution in [2.45, 2.75) is 50.4 Å². The van der Waals surface area contributed by atoms with Crippen molar-refractivity contribution in [2.75, 3.05) is 0 Å². The molecule has 218 valence electrons. The van der Waals surface area contributed by atoms with Gasteiger partial charge in [-0.1, -0.05) is 77.8 Å². The zero-order valence-corrected chi connectivity index (χ0v) is 25.1. The summed E-state index contributed by atoms with van der Waals surface area (Å²) in [7, 11) is 0. The highest BCUT2D eigenvalue weighted by Gasteiger charge is 2.57. The number of carbonyl (C=O) groups is 1. The Bertz CT molecular complexity index is 1770. The maximum atomic E-state index is 13.7. The van der Waals surface area contributed by atoms with Gasteiger partial charge in [-0.15, -0.1) is 0 Å². The average Bonchev–Trinajstić information content (AvgIpc) is 3.68. The fraction of sp³-hybridized carbons (Fsp3) is 0.265. The first-order valence-electron chi connectivity index (χ1n) is 14.2. The number of hydrogen-bond acceptors (Lipinski definition) is 6. The third kappa shape index (κ3) is 5.31.